The van der Waals surface area contributed by atoms with Crippen LogP contribution in [0, 0.1) is 17.3 Å². The number of likely N-dealkylation sites (tertiary alicyclic amines) is 1. The molecule has 10 aromatic carbocycles. The van der Waals surface area contributed by atoms with Gasteiger partial charge < -0.3 is 14.2 Å². The number of para-hydroxylation sites is 1. The number of ether oxygens (including phenoxy) is 3. The highest BCUT2D eigenvalue weighted by atomic mass is 16.5. The van der Waals surface area contributed by atoms with E-state index < -0.39 is 0 Å². The molecule has 4 nitrogen and oxygen atoms in total. The van der Waals surface area contributed by atoms with E-state index in [1.807, 2.05) is 18.3 Å². The van der Waals surface area contributed by atoms with Gasteiger partial charge in [0.05, 0.1) is 26.9 Å². The van der Waals surface area contributed by atoms with E-state index in [-0.39, 0.29) is 16.9 Å². The van der Waals surface area contributed by atoms with Crippen molar-refractivity contribution in [1.82, 2.24) is 4.90 Å². The number of hydrogen-bond donors (Lipinski definition) is 0. The SMILES string of the molecule is COCCOCCN1CC2C3=c4c5c6c7c8c9c(cc%10c%11c%12c%13c%14c(cc%15c%16c(c4c6c(c%16%14)c%13c7c%119)=C(C3)C%15)=C3C4CC(c6ccccc64)C3%12C%10)=CC3CC2(C=5C83)C1c1ccccc1OC. The summed E-state index contributed by atoms with van der Waals surface area (Å²) < 4.78 is 18.2. The second-order valence-corrected chi connectivity index (χ2v) is 23.1. The number of rotatable bonds is 8. The second-order valence-electron chi connectivity index (χ2n) is 23.1. The summed E-state index contributed by atoms with van der Waals surface area (Å²) in [5.74, 6) is 3.36. The molecule has 1 heterocycles. The van der Waals surface area contributed by atoms with E-state index in [1.54, 1.807) is 153 Å². The van der Waals surface area contributed by atoms with Crippen molar-refractivity contribution in [1.29, 1.82) is 0 Å². The minimum Gasteiger partial charge on any atom is -0.496 e. The van der Waals surface area contributed by atoms with Gasteiger partial charge in [0.25, 0.3) is 0 Å². The summed E-state index contributed by atoms with van der Waals surface area (Å²) in [6.45, 7) is 3.92. The van der Waals surface area contributed by atoms with Crippen LogP contribution in [0.4, 0.5) is 0 Å². The second kappa shape index (κ2) is 9.65. The summed E-state index contributed by atoms with van der Waals surface area (Å²) >= 11 is 0. The van der Waals surface area contributed by atoms with Crippen LogP contribution in [0.25, 0.3) is 104 Å². The smallest absolute Gasteiger partial charge is 0.123 e. The first-order valence-corrected chi connectivity index (χ1v) is 25.3. The zero-order valence-electron chi connectivity index (χ0n) is 37.1. The van der Waals surface area contributed by atoms with Gasteiger partial charge >= 0.3 is 0 Å². The molecule has 0 N–H and O–H groups in total. The highest BCUT2D eigenvalue weighted by molar-refractivity contribution is 6.54. The Morgan fingerprint density at radius 3 is 2.39 bits per heavy atom. The summed E-state index contributed by atoms with van der Waals surface area (Å²) in [6, 6.07) is 24.6. The van der Waals surface area contributed by atoms with Crippen LogP contribution in [-0.4, -0.2) is 52.0 Å². The van der Waals surface area contributed by atoms with Crippen LogP contribution in [0.5, 0.6) is 5.75 Å². The summed E-state index contributed by atoms with van der Waals surface area (Å²) in [4.78, 5) is 2.88. The molecule has 21 rings (SSSR count). The average Bonchev–Trinajstić information content (AvgIpc) is 4.22. The van der Waals surface area contributed by atoms with Crippen molar-refractivity contribution in [3.05, 3.63) is 126 Å². The van der Waals surface area contributed by atoms with Crippen LogP contribution in [0.3, 0.4) is 0 Å². The third-order valence-electron chi connectivity index (χ3n) is 21.7. The Morgan fingerprint density at radius 2 is 1.48 bits per heavy atom. The molecule has 4 heteroatoms. The Kier molecular flexibility index (Phi) is 4.80. The van der Waals surface area contributed by atoms with Crippen LogP contribution in [0.15, 0.2) is 60.7 Å². The molecule has 314 valence electrons. The zero-order valence-corrected chi connectivity index (χ0v) is 37.1. The van der Waals surface area contributed by atoms with Crippen molar-refractivity contribution in [3.8, 4) is 5.75 Å². The Labute approximate surface area is 378 Å². The Balaban J connectivity index is 1.00. The molecule has 8 unspecified atom stereocenters. The number of nitrogens with zero attached hydrogens (tertiary/aromatic N) is 1. The molecular weight excluding hydrogens is 807 g/mol. The summed E-state index contributed by atoms with van der Waals surface area (Å²) in [5, 5.41) is 31.7. The fourth-order valence-corrected chi connectivity index (χ4v) is 20.7. The molecule has 3 fully saturated rings. The third-order valence-corrected chi connectivity index (χ3v) is 21.7. The molecule has 2 saturated carbocycles. The quantitative estimate of drug-likeness (QED) is 0.114. The summed E-state index contributed by atoms with van der Waals surface area (Å²) in [6.07, 6.45) is 8.71. The molecule has 8 atom stereocenters. The lowest BCUT2D eigenvalue weighted by Crippen LogP contribution is -2.47. The van der Waals surface area contributed by atoms with Gasteiger partial charge in [-0.05, 0) is 196 Å². The van der Waals surface area contributed by atoms with Gasteiger partial charge in [0.2, 0.25) is 0 Å². The summed E-state index contributed by atoms with van der Waals surface area (Å²) in [7, 11) is 3.67. The molecule has 1 aliphatic heterocycles. The fourth-order valence-electron chi connectivity index (χ4n) is 20.7. The van der Waals surface area contributed by atoms with Crippen LogP contribution in [0.1, 0.15) is 82.0 Å². The fraction of sp³-hybridized carbons (Fsp3) is 0.323. The van der Waals surface area contributed by atoms with E-state index in [9.17, 15) is 0 Å². The third kappa shape index (κ3) is 2.75. The van der Waals surface area contributed by atoms with Crippen molar-refractivity contribution in [2.45, 2.75) is 61.3 Å². The highest BCUT2D eigenvalue weighted by Gasteiger charge is 2.68. The van der Waals surface area contributed by atoms with Crippen LogP contribution in [-0.2, 0) is 27.7 Å². The predicted octanol–water partition coefficient (Wildman–Crippen LogP) is 8.14. The average molecular weight is 850 g/mol. The lowest BCUT2D eigenvalue weighted by molar-refractivity contribution is 0.0511. The van der Waals surface area contributed by atoms with Gasteiger partial charge in [-0.25, -0.2) is 0 Å². The minimum absolute atomic E-state index is 0.0420. The molecule has 2 spiro atoms. The van der Waals surface area contributed by atoms with E-state index in [4.69, 9.17) is 14.2 Å². The minimum atomic E-state index is -0.0619. The molecule has 0 amide bonds. The Morgan fingerprint density at radius 1 is 0.667 bits per heavy atom. The van der Waals surface area contributed by atoms with Crippen LogP contribution in [0.2, 0.25) is 0 Å². The normalized spacial score (nSPS) is 30.9. The lowest BCUT2D eigenvalue weighted by atomic mass is 9.59. The number of methoxy groups -OCH3 is 2. The van der Waals surface area contributed by atoms with E-state index >= 15 is 0 Å². The first-order valence-electron chi connectivity index (χ1n) is 25.3. The number of hydrogen-bond acceptors (Lipinski definition) is 4. The summed E-state index contributed by atoms with van der Waals surface area (Å²) in [5.41, 5.74) is 18.6. The first-order chi connectivity index (χ1) is 32.7. The number of benzene rings is 7. The van der Waals surface area contributed by atoms with E-state index in [1.165, 1.54) is 18.4 Å². The van der Waals surface area contributed by atoms with Gasteiger partial charge in [-0.3, -0.25) is 4.90 Å². The molecule has 10 aromatic rings. The van der Waals surface area contributed by atoms with Gasteiger partial charge in [-0.1, -0.05) is 71.8 Å². The van der Waals surface area contributed by atoms with Gasteiger partial charge in [-0.2, -0.15) is 0 Å². The standard InChI is InChI=1S/C62H43NO3/c1-64-13-14-66-12-11-63-23-36-33-18-25-15-26-19-34-44-48-39(26)38(25)47-43(33)55-53-50-46-40-24(17-28-22-62(36,59(55)42(28)46)60(63)31-9-5-6-10-37(31)65-2)16-27-21-61(35-20-32(57(34)61)29-7-3-4-8-30(29)35)58-41(27)45(40)49(50)54(56(44)58)52(48)51(47)53/h3-10,16-17,19,28,32,35-36,42,60H,11-15,18,20-23H2,1-2H3. The monoisotopic (exact) mass is 849 g/mol. The van der Waals surface area contributed by atoms with E-state index in [0.29, 0.717) is 49.4 Å². The van der Waals surface area contributed by atoms with Crippen molar-refractivity contribution >= 4 is 104 Å². The predicted molar refractivity (Wildman–Crippen MR) is 263 cm³/mol. The molecule has 1 saturated heterocycles. The van der Waals surface area contributed by atoms with Crippen molar-refractivity contribution in [2.24, 2.45) is 17.3 Å². The van der Waals surface area contributed by atoms with Crippen molar-refractivity contribution in [2.75, 3.05) is 47.1 Å². The number of fused-ring (bicyclic) bond motifs is 7. The van der Waals surface area contributed by atoms with E-state index in [0.717, 1.165) is 38.1 Å². The molecule has 66 heavy (non-hydrogen) atoms. The van der Waals surface area contributed by atoms with E-state index in [2.05, 4.69) is 71.6 Å². The van der Waals surface area contributed by atoms with Gasteiger partial charge in [0.15, 0.2) is 0 Å². The maximum Gasteiger partial charge on any atom is 0.123 e. The van der Waals surface area contributed by atoms with Gasteiger partial charge in [0.1, 0.15) is 5.75 Å². The molecular formula is C62H43NO3. The van der Waals surface area contributed by atoms with Gasteiger partial charge in [0, 0.05) is 60.4 Å². The Hall–Kier alpha value is -5.78. The van der Waals surface area contributed by atoms with Gasteiger partial charge in [-0.15, -0.1) is 0 Å². The molecule has 0 aromatic heterocycles. The molecule has 0 radical (unpaired) electrons. The maximum absolute atomic E-state index is 6.41. The maximum atomic E-state index is 6.41. The zero-order chi connectivity index (χ0) is 41.9. The van der Waals surface area contributed by atoms with Crippen LogP contribution >= 0.6 is 0 Å². The highest BCUT2D eigenvalue weighted by Crippen LogP contribution is 2.77. The lowest BCUT2D eigenvalue weighted by Gasteiger charge is -2.44. The van der Waals surface area contributed by atoms with Crippen molar-refractivity contribution < 1.29 is 14.2 Å². The first kappa shape index (κ1) is 32.8. The van der Waals surface area contributed by atoms with Crippen LogP contribution < -0.4 is 30.8 Å². The largest absolute Gasteiger partial charge is 0.496 e. The van der Waals surface area contributed by atoms with Crippen molar-refractivity contribution in [3.63, 3.8) is 0 Å². The molecule has 2 bridgehead atoms. The Bertz CT molecular complexity index is 4540. The molecule has 11 aliphatic rings. The topological polar surface area (TPSA) is 30.9 Å². The molecule has 10 aliphatic carbocycles.